The van der Waals surface area contributed by atoms with Gasteiger partial charge in [0.2, 0.25) is 0 Å². The van der Waals surface area contributed by atoms with Gasteiger partial charge in [-0.25, -0.2) is 9.97 Å². The zero-order valence-corrected chi connectivity index (χ0v) is 10.8. The third-order valence-corrected chi connectivity index (χ3v) is 2.69. The maximum absolute atomic E-state index is 10.6. The van der Waals surface area contributed by atoms with Crippen molar-refractivity contribution >= 4 is 17.3 Å². The molecule has 0 bridgehead atoms. The highest BCUT2D eigenvalue weighted by atomic mass is 16.4. The summed E-state index contributed by atoms with van der Waals surface area (Å²) in [6, 6.07) is 7.27. The Bertz CT molecular complexity index is 594. The van der Waals surface area contributed by atoms with Gasteiger partial charge in [-0.05, 0) is 31.5 Å². The third kappa shape index (κ3) is 3.51. The van der Waals surface area contributed by atoms with Crippen LogP contribution in [-0.2, 0) is 11.2 Å². The number of hydrogen-bond acceptors (Lipinski definition) is 4. The summed E-state index contributed by atoms with van der Waals surface area (Å²) in [6.45, 7) is 3.76. The summed E-state index contributed by atoms with van der Waals surface area (Å²) < 4.78 is 0. The molecule has 1 aromatic heterocycles. The van der Waals surface area contributed by atoms with Gasteiger partial charge >= 0.3 is 5.97 Å². The minimum atomic E-state index is -0.830. The molecule has 0 unspecified atom stereocenters. The van der Waals surface area contributed by atoms with Gasteiger partial charge in [0, 0.05) is 5.69 Å². The largest absolute Gasteiger partial charge is 0.481 e. The first-order chi connectivity index (χ1) is 9.04. The van der Waals surface area contributed by atoms with Crippen LogP contribution in [0.25, 0.3) is 0 Å². The minimum Gasteiger partial charge on any atom is -0.481 e. The Morgan fingerprint density at radius 1 is 1.26 bits per heavy atom. The summed E-state index contributed by atoms with van der Waals surface area (Å²) in [7, 11) is 0. The van der Waals surface area contributed by atoms with Gasteiger partial charge < -0.3 is 10.4 Å². The van der Waals surface area contributed by atoms with Crippen LogP contribution in [0.2, 0.25) is 0 Å². The summed E-state index contributed by atoms with van der Waals surface area (Å²) in [5.74, 6) is -0.0941. The fourth-order valence-electron chi connectivity index (χ4n) is 1.74. The second-order valence-corrected chi connectivity index (χ2v) is 4.31. The summed E-state index contributed by atoms with van der Waals surface area (Å²) >= 11 is 0. The van der Waals surface area contributed by atoms with E-state index in [2.05, 4.69) is 15.3 Å². The van der Waals surface area contributed by atoms with Crippen molar-refractivity contribution in [2.45, 2.75) is 20.3 Å². The van der Waals surface area contributed by atoms with Crippen LogP contribution in [0.5, 0.6) is 0 Å². The Kier molecular flexibility index (Phi) is 3.75. The molecule has 2 aromatic rings. The molecule has 2 rings (SSSR count). The van der Waals surface area contributed by atoms with Gasteiger partial charge in [-0.1, -0.05) is 12.1 Å². The minimum absolute atomic E-state index is 0.0347. The SMILES string of the molecule is Cc1ncc(Nc2ccc(CC(=O)O)cc2)c(C)n1. The van der Waals surface area contributed by atoms with Crippen LogP contribution in [-0.4, -0.2) is 21.0 Å². The monoisotopic (exact) mass is 257 g/mol. The number of benzene rings is 1. The molecular formula is C14H15N3O2. The lowest BCUT2D eigenvalue weighted by Gasteiger charge is -2.09. The van der Waals surface area contributed by atoms with Crippen molar-refractivity contribution in [1.29, 1.82) is 0 Å². The summed E-state index contributed by atoms with van der Waals surface area (Å²) in [6.07, 6.45) is 1.77. The number of aliphatic carboxylic acids is 1. The molecule has 0 aliphatic heterocycles. The van der Waals surface area contributed by atoms with E-state index in [4.69, 9.17) is 5.11 Å². The molecule has 19 heavy (non-hydrogen) atoms. The Labute approximate surface area is 111 Å². The summed E-state index contributed by atoms with van der Waals surface area (Å²) in [4.78, 5) is 19.0. The van der Waals surface area contributed by atoms with Crippen LogP contribution in [0.4, 0.5) is 11.4 Å². The molecule has 0 spiro atoms. The second-order valence-electron chi connectivity index (χ2n) is 4.31. The smallest absolute Gasteiger partial charge is 0.307 e. The number of carbonyl (C=O) groups is 1. The van der Waals surface area contributed by atoms with Gasteiger partial charge in [0.1, 0.15) is 5.82 Å². The van der Waals surface area contributed by atoms with Crippen LogP contribution < -0.4 is 5.32 Å². The highest BCUT2D eigenvalue weighted by Gasteiger charge is 2.03. The van der Waals surface area contributed by atoms with Crippen molar-refractivity contribution in [3.8, 4) is 0 Å². The van der Waals surface area contributed by atoms with Crippen molar-refractivity contribution < 1.29 is 9.90 Å². The van der Waals surface area contributed by atoms with Crippen molar-refractivity contribution in [3.05, 3.63) is 47.5 Å². The van der Waals surface area contributed by atoms with E-state index in [0.29, 0.717) is 0 Å². The number of aryl methyl sites for hydroxylation is 2. The van der Waals surface area contributed by atoms with Crippen LogP contribution in [0.3, 0.4) is 0 Å². The maximum Gasteiger partial charge on any atom is 0.307 e. The van der Waals surface area contributed by atoms with E-state index in [0.717, 1.165) is 28.5 Å². The van der Waals surface area contributed by atoms with E-state index in [1.807, 2.05) is 26.0 Å². The normalized spacial score (nSPS) is 10.2. The van der Waals surface area contributed by atoms with Gasteiger partial charge in [-0.15, -0.1) is 0 Å². The summed E-state index contributed by atoms with van der Waals surface area (Å²) in [5, 5.41) is 11.9. The van der Waals surface area contributed by atoms with Crippen LogP contribution in [0.1, 0.15) is 17.1 Å². The Balaban J connectivity index is 2.13. The predicted octanol–water partition coefficient (Wildman–Crippen LogP) is 2.46. The van der Waals surface area contributed by atoms with E-state index in [1.54, 1.807) is 18.3 Å². The van der Waals surface area contributed by atoms with Crippen LogP contribution in [0.15, 0.2) is 30.5 Å². The molecular weight excluding hydrogens is 242 g/mol. The zero-order chi connectivity index (χ0) is 13.8. The molecule has 0 saturated carbocycles. The molecule has 1 heterocycles. The lowest BCUT2D eigenvalue weighted by Crippen LogP contribution is -2.01. The first-order valence-corrected chi connectivity index (χ1v) is 5.92. The zero-order valence-electron chi connectivity index (χ0n) is 10.8. The van der Waals surface area contributed by atoms with Crippen molar-refractivity contribution in [3.63, 3.8) is 0 Å². The molecule has 1 aromatic carbocycles. The van der Waals surface area contributed by atoms with Crippen molar-refractivity contribution in [2.75, 3.05) is 5.32 Å². The van der Waals surface area contributed by atoms with Crippen molar-refractivity contribution in [2.24, 2.45) is 0 Å². The molecule has 98 valence electrons. The molecule has 0 aliphatic carbocycles. The molecule has 0 radical (unpaired) electrons. The predicted molar refractivity (Wildman–Crippen MR) is 72.6 cm³/mol. The topological polar surface area (TPSA) is 75.1 Å². The van der Waals surface area contributed by atoms with E-state index < -0.39 is 5.97 Å². The molecule has 0 atom stereocenters. The molecule has 2 N–H and O–H groups in total. The van der Waals surface area contributed by atoms with Crippen LogP contribution in [0, 0.1) is 13.8 Å². The molecule has 0 saturated heterocycles. The lowest BCUT2D eigenvalue weighted by atomic mass is 10.1. The lowest BCUT2D eigenvalue weighted by molar-refractivity contribution is -0.136. The van der Waals surface area contributed by atoms with Crippen molar-refractivity contribution in [1.82, 2.24) is 9.97 Å². The van der Waals surface area contributed by atoms with Crippen LogP contribution >= 0.6 is 0 Å². The molecule has 5 heteroatoms. The van der Waals surface area contributed by atoms with E-state index in [9.17, 15) is 4.79 Å². The Morgan fingerprint density at radius 3 is 2.53 bits per heavy atom. The first-order valence-electron chi connectivity index (χ1n) is 5.92. The van der Waals surface area contributed by atoms with E-state index in [-0.39, 0.29) is 6.42 Å². The number of carboxylic acid groups (broad SMARTS) is 1. The fourth-order valence-corrected chi connectivity index (χ4v) is 1.74. The molecule has 0 fully saturated rings. The van der Waals surface area contributed by atoms with Gasteiger partial charge in [-0.2, -0.15) is 0 Å². The third-order valence-electron chi connectivity index (χ3n) is 2.69. The van der Waals surface area contributed by atoms with Gasteiger partial charge in [-0.3, -0.25) is 4.79 Å². The number of aromatic nitrogens is 2. The maximum atomic E-state index is 10.6. The highest BCUT2D eigenvalue weighted by Crippen LogP contribution is 2.18. The average Bonchev–Trinajstić information content (AvgIpc) is 2.34. The Morgan fingerprint density at radius 2 is 1.95 bits per heavy atom. The fraction of sp³-hybridized carbons (Fsp3) is 0.214. The Hall–Kier alpha value is -2.43. The molecule has 0 amide bonds. The second kappa shape index (κ2) is 5.48. The highest BCUT2D eigenvalue weighted by molar-refractivity contribution is 5.70. The van der Waals surface area contributed by atoms with Gasteiger partial charge in [0.05, 0.1) is 24.0 Å². The molecule has 0 aliphatic rings. The number of nitrogens with one attached hydrogen (secondary N) is 1. The van der Waals surface area contributed by atoms with Gasteiger partial charge in [0.25, 0.3) is 0 Å². The average molecular weight is 257 g/mol. The van der Waals surface area contributed by atoms with Gasteiger partial charge in [0.15, 0.2) is 0 Å². The molecule has 5 nitrogen and oxygen atoms in total. The quantitative estimate of drug-likeness (QED) is 0.880. The number of anilines is 2. The standard InChI is InChI=1S/C14H15N3O2/c1-9-13(8-15-10(2)16-9)17-12-5-3-11(4-6-12)7-14(18)19/h3-6,8,17H,7H2,1-2H3,(H,18,19). The number of carboxylic acids is 1. The number of nitrogens with zero attached hydrogens (tertiary/aromatic N) is 2. The van der Waals surface area contributed by atoms with E-state index in [1.165, 1.54) is 0 Å². The van der Waals surface area contributed by atoms with E-state index >= 15 is 0 Å². The summed E-state index contributed by atoms with van der Waals surface area (Å²) in [5.41, 5.74) is 3.37. The first kappa shape index (κ1) is 13.0. The number of rotatable bonds is 4. The number of hydrogen-bond donors (Lipinski definition) is 2.